The molecule has 0 saturated carbocycles. The molecule has 2 aromatic rings. The van der Waals surface area contributed by atoms with E-state index in [1.807, 2.05) is 13.8 Å². The van der Waals surface area contributed by atoms with Crippen molar-refractivity contribution in [2.45, 2.75) is 13.8 Å². The van der Waals surface area contributed by atoms with Gasteiger partial charge >= 0.3 is 0 Å². The summed E-state index contributed by atoms with van der Waals surface area (Å²) in [5, 5.41) is 2.50. The fourth-order valence-electron chi connectivity index (χ4n) is 2.03. The molecule has 0 radical (unpaired) electrons. The number of rotatable bonds is 6. The molecule has 0 heterocycles. The van der Waals surface area contributed by atoms with E-state index in [-0.39, 0.29) is 5.69 Å². The third kappa shape index (κ3) is 4.12. The second kappa shape index (κ2) is 7.49. The number of hydrogen-bond acceptors (Lipinski definition) is 4. The number of carbonyl (C=O) groups is 1. The summed E-state index contributed by atoms with van der Waals surface area (Å²) < 4.78 is 24.6. The third-order valence-electron chi connectivity index (χ3n) is 3.04. The van der Waals surface area contributed by atoms with Gasteiger partial charge in [0.15, 0.2) is 11.5 Å². The van der Waals surface area contributed by atoms with Crippen LogP contribution in [0, 0.1) is 5.82 Å². The van der Waals surface area contributed by atoms with E-state index in [1.165, 1.54) is 18.2 Å². The van der Waals surface area contributed by atoms with E-state index in [9.17, 15) is 9.18 Å². The first-order valence-corrected chi connectivity index (χ1v) is 7.31. The maximum atomic E-state index is 13.7. The number of nitrogens with two attached hydrogens (primary N) is 1. The Bertz CT molecular complexity index is 704. The topological polar surface area (TPSA) is 73.6 Å². The van der Waals surface area contributed by atoms with Crippen molar-refractivity contribution in [1.29, 1.82) is 0 Å². The average Bonchev–Trinajstić information content (AvgIpc) is 2.53. The Morgan fingerprint density at radius 3 is 2.48 bits per heavy atom. The van der Waals surface area contributed by atoms with Gasteiger partial charge in [-0.15, -0.1) is 0 Å². The molecular weight excluding hydrogens is 299 g/mol. The van der Waals surface area contributed by atoms with Gasteiger partial charge in [0.05, 0.1) is 18.9 Å². The Hall–Kier alpha value is -2.76. The zero-order valence-corrected chi connectivity index (χ0v) is 13.1. The summed E-state index contributed by atoms with van der Waals surface area (Å²) in [5.41, 5.74) is 6.33. The summed E-state index contributed by atoms with van der Waals surface area (Å²) >= 11 is 0. The van der Waals surface area contributed by atoms with Crippen LogP contribution in [0.15, 0.2) is 36.4 Å². The molecule has 0 spiro atoms. The van der Waals surface area contributed by atoms with Crippen LogP contribution in [0.2, 0.25) is 0 Å². The maximum absolute atomic E-state index is 13.7. The summed E-state index contributed by atoms with van der Waals surface area (Å²) in [7, 11) is 0. The smallest absolute Gasteiger partial charge is 0.255 e. The normalized spacial score (nSPS) is 10.2. The van der Waals surface area contributed by atoms with Crippen LogP contribution in [0.1, 0.15) is 24.2 Å². The highest BCUT2D eigenvalue weighted by Gasteiger charge is 2.13. The van der Waals surface area contributed by atoms with Gasteiger partial charge in [-0.25, -0.2) is 4.39 Å². The molecule has 3 N–H and O–H groups in total. The molecule has 0 saturated heterocycles. The number of hydrogen-bond donors (Lipinski definition) is 2. The molecular formula is C17H19FN2O3. The lowest BCUT2D eigenvalue weighted by Gasteiger charge is -2.13. The van der Waals surface area contributed by atoms with E-state index in [0.717, 1.165) is 0 Å². The highest BCUT2D eigenvalue weighted by Crippen LogP contribution is 2.29. The summed E-state index contributed by atoms with van der Waals surface area (Å²) in [5.74, 6) is 0.0121. The molecule has 0 aromatic heterocycles. The SMILES string of the molecule is CCOc1ccc(C(=O)Nc2cc(N)ccc2F)cc1OCC. The van der Waals surface area contributed by atoms with Crippen LogP contribution < -0.4 is 20.5 Å². The molecule has 5 nitrogen and oxygen atoms in total. The molecule has 0 aliphatic carbocycles. The van der Waals surface area contributed by atoms with Crippen molar-refractivity contribution in [1.82, 2.24) is 0 Å². The first-order valence-electron chi connectivity index (χ1n) is 7.31. The third-order valence-corrected chi connectivity index (χ3v) is 3.04. The van der Waals surface area contributed by atoms with Crippen molar-refractivity contribution in [2.24, 2.45) is 0 Å². The lowest BCUT2D eigenvalue weighted by molar-refractivity contribution is 0.102. The number of nitrogen functional groups attached to an aromatic ring is 1. The van der Waals surface area contributed by atoms with Crippen molar-refractivity contribution in [3.05, 3.63) is 47.8 Å². The van der Waals surface area contributed by atoms with Crippen molar-refractivity contribution >= 4 is 17.3 Å². The highest BCUT2D eigenvalue weighted by molar-refractivity contribution is 6.04. The molecule has 23 heavy (non-hydrogen) atoms. The van der Waals surface area contributed by atoms with Crippen LogP contribution in [0.5, 0.6) is 11.5 Å². The summed E-state index contributed by atoms with van der Waals surface area (Å²) in [6, 6.07) is 8.80. The number of ether oxygens (including phenoxy) is 2. The highest BCUT2D eigenvalue weighted by atomic mass is 19.1. The monoisotopic (exact) mass is 318 g/mol. The van der Waals surface area contributed by atoms with Crippen molar-refractivity contribution < 1.29 is 18.7 Å². The first-order chi connectivity index (χ1) is 11.0. The quantitative estimate of drug-likeness (QED) is 0.800. The molecule has 0 aliphatic rings. The number of anilines is 2. The standard InChI is InChI=1S/C17H19FN2O3/c1-3-22-15-8-5-11(9-16(15)23-4-2)17(21)20-14-10-12(19)6-7-13(14)18/h5-10H,3-4,19H2,1-2H3,(H,20,21). The second-order valence-corrected chi connectivity index (χ2v) is 4.72. The number of nitrogens with one attached hydrogen (secondary N) is 1. The fourth-order valence-corrected chi connectivity index (χ4v) is 2.03. The second-order valence-electron chi connectivity index (χ2n) is 4.72. The zero-order chi connectivity index (χ0) is 16.8. The summed E-state index contributed by atoms with van der Waals surface area (Å²) in [6.45, 7) is 4.62. The fraction of sp³-hybridized carbons (Fsp3) is 0.235. The van der Waals surface area contributed by atoms with Gasteiger partial charge in [-0.05, 0) is 50.2 Å². The van der Waals surface area contributed by atoms with E-state index in [0.29, 0.717) is 36.0 Å². The predicted molar refractivity (Wildman–Crippen MR) is 87.5 cm³/mol. The lowest BCUT2D eigenvalue weighted by Crippen LogP contribution is -2.13. The maximum Gasteiger partial charge on any atom is 0.255 e. The van der Waals surface area contributed by atoms with Gasteiger partial charge in [0.1, 0.15) is 5.82 Å². The lowest BCUT2D eigenvalue weighted by atomic mass is 10.1. The van der Waals surface area contributed by atoms with E-state index in [2.05, 4.69) is 5.32 Å². The van der Waals surface area contributed by atoms with E-state index >= 15 is 0 Å². The Balaban J connectivity index is 2.25. The van der Waals surface area contributed by atoms with Crippen LogP contribution in [-0.4, -0.2) is 19.1 Å². The minimum Gasteiger partial charge on any atom is -0.490 e. The predicted octanol–water partition coefficient (Wildman–Crippen LogP) is 3.46. The minimum atomic E-state index is -0.552. The van der Waals surface area contributed by atoms with Crippen LogP contribution in [0.3, 0.4) is 0 Å². The van der Waals surface area contributed by atoms with Crippen molar-refractivity contribution in [3.63, 3.8) is 0 Å². The van der Waals surface area contributed by atoms with Gasteiger partial charge in [0.2, 0.25) is 0 Å². The molecule has 1 amide bonds. The van der Waals surface area contributed by atoms with Gasteiger partial charge < -0.3 is 20.5 Å². The molecule has 0 bridgehead atoms. The molecule has 0 aliphatic heterocycles. The number of amides is 1. The summed E-state index contributed by atoms with van der Waals surface area (Å²) in [4.78, 5) is 12.3. The Morgan fingerprint density at radius 1 is 1.09 bits per heavy atom. The number of carbonyl (C=O) groups excluding carboxylic acids is 1. The molecule has 0 unspecified atom stereocenters. The largest absolute Gasteiger partial charge is 0.490 e. The molecule has 0 fully saturated rings. The molecule has 6 heteroatoms. The van der Waals surface area contributed by atoms with Gasteiger partial charge in [0.25, 0.3) is 5.91 Å². The van der Waals surface area contributed by atoms with Gasteiger partial charge in [-0.1, -0.05) is 0 Å². The zero-order valence-electron chi connectivity index (χ0n) is 13.1. The molecule has 122 valence electrons. The molecule has 2 aromatic carbocycles. The van der Waals surface area contributed by atoms with Gasteiger partial charge in [0, 0.05) is 11.3 Å². The summed E-state index contributed by atoms with van der Waals surface area (Å²) in [6.07, 6.45) is 0. The van der Waals surface area contributed by atoms with E-state index < -0.39 is 11.7 Å². The molecule has 0 atom stereocenters. The Labute approximate surface area is 134 Å². The minimum absolute atomic E-state index is 0.0295. The van der Waals surface area contributed by atoms with E-state index in [4.69, 9.17) is 15.2 Å². The number of halogens is 1. The van der Waals surface area contributed by atoms with E-state index in [1.54, 1.807) is 18.2 Å². The average molecular weight is 318 g/mol. The van der Waals surface area contributed by atoms with Crippen LogP contribution in [0.4, 0.5) is 15.8 Å². The van der Waals surface area contributed by atoms with Gasteiger partial charge in [-0.3, -0.25) is 4.79 Å². The van der Waals surface area contributed by atoms with Gasteiger partial charge in [-0.2, -0.15) is 0 Å². The Kier molecular flexibility index (Phi) is 5.41. The molecule has 2 rings (SSSR count). The van der Waals surface area contributed by atoms with Crippen LogP contribution >= 0.6 is 0 Å². The van der Waals surface area contributed by atoms with Crippen LogP contribution in [-0.2, 0) is 0 Å². The number of benzene rings is 2. The van der Waals surface area contributed by atoms with Crippen LogP contribution in [0.25, 0.3) is 0 Å². The first kappa shape index (κ1) is 16.6. The Morgan fingerprint density at radius 2 is 1.78 bits per heavy atom. The van der Waals surface area contributed by atoms with Crippen molar-refractivity contribution in [3.8, 4) is 11.5 Å². The van der Waals surface area contributed by atoms with Crippen molar-refractivity contribution in [2.75, 3.05) is 24.3 Å².